The number of carboxylic acid groups (broad SMARTS) is 1. The van der Waals surface area contributed by atoms with Crippen LogP contribution < -0.4 is 4.74 Å². The van der Waals surface area contributed by atoms with Gasteiger partial charge in [0, 0.05) is 24.3 Å². The number of hydrogen-bond acceptors (Lipinski definition) is 4. The highest BCUT2D eigenvalue weighted by Crippen LogP contribution is 2.31. The van der Waals surface area contributed by atoms with Gasteiger partial charge in [-0.15, -0.1) is 0 Å². The summed E-state index contributed by atoms with van der Waals surface area (Å²) < 4.78 is 11.0. The fraction of sp³-hybridized carbons (Fsp3) is 0.529. The Hall–Kier alpha value is -1.79. The van der Waals surface area contributed by atoms with Crippen LogP contribution in [0.4, 0.5) is 0 Å². The number of rotatable bonds is 4. The Balaban J connectivity index is 1.76. The van der Waals surface area contributed by atoms with Crippen LogP contribution in [0.25, 0.3) is 0 Å². The average Bonchev–Trinajstić information content (AvgIpc) is 2.59. The van der Waals surface area contributed by atoms with E-state index in [4.69, 9.17) is 21.1 Å². The second-order valence-electron chi connectivity index (χ2n) is 6.17. The van der Waals surface area contributed by atoms with E-state index in [1.54, 1.807) is 18.2 Å². The van der Waals surface area contributed by atoms with Gasteiger partial charge in [-0.2, -0.15) is 0 Å². The normalized spacial score (nSPS) is 20.8. The number of carbonyl (C=O) groups is 2. The van der Waals surface area contributed by atoms with Gasteiger partial charge in [0.05, 0.1) is 5.92 Å². The molecule has 7 heteroatoms. The smallest absolute Gasteiger partial charge is 0.323 e. The van der Waals surface area contributed by atoms with Crippen molar-refractivity contribution >= 4 is 23.5 Å². The molecule has 0 aliphatic carbocycles. The van der Waals surface area contributed by atoms with Gasteiger partial charge in [0.1, 0.15) is 18.9 Å². The summed E-state index contributed by atoms with van der Waals surface area (Å²) in [5.74, 6) is -0.831. The summed E-state index contributed by atoms with van der Waals surface area (Å²) >= 11 is 6.01. The Labute approximate surface area is 145 Å². The van der Waals surface area contributed by atoms with Crippen molar-refractivity contribution < 1.29 is 24.2 Å². The molecule has 1 saturated heterocycles. The van der Waals surface area contributed by atoms with Gasteiger partial charge < -0.3 is 19.5 Å². The first-order chi connectivity index (χ1) is 11.5. The van der Waals surface area contributed by atoms with Crippen molar-refractivity contribution in [2.24, 2.45) is 5.92 Å². The first-order valence-corrected chi connectivity index (χ1v) is 8.43. The van der Waals surface area contributed by atoms with Crippen molar-refractivity contribution in [2.45, 2.75) is 25.3 Å². The van der Waals surface area contributed by atoms with Crippen LogP contribution in [-0.2, 0) is 20.7 Å². The summed E-state index contributed by atoms with van der Waals surface area (Å²) in [4.78, 5) is 25.6. The molecule has 2 aliphatic heterocycles. The Kier molecular flexibility index (Phi) is 5.26. The lowest BCUT2D eigenvalue weighted by molar-refractivity contribution is -0.150. The molecule has 0 radical (unpaired) electrons. The van der Waals surface area contributed by atoms with E-state index in [1.807, 2.05) is 0 Å². The average molecular weight is 354 g/mol. The summed E-state index contributed by atoms with van der Waals surface area (Å²) in [6, 6.07) is 5.25. The number of carboxylic acids is 1. The van der Waals surface area contributed by atoms with E-state index in [0.717, 1.165) is 11.3 Å². The highest BCUT2D eigenvalue weighted by atomic mass is 35.5. The lowest BCUT2D eigenvalue weighted by Crippen LogP contribution is -2.50. The van der Waals surface area contributed by atoms with Crippen LogP contribution >= 0.6 is 11.6 Å². The van der Waals surface area contributed by atoms with Gasteiger partial charge in [0.2, 0.25) is 5.91 Å². The van der Waals surface area contributed by atoms with Crippen LogP contribution in [0.1, 0.15) is 18.4 Å². The van der Waals surface area contributed by atoms with E-state index < -0.39 is 11.9 Å². The molecular formula is C17H20ClNO5. The number of nitrogens with zero attached hydrogens (tertiary/aromatic N) is 1. The second-order valence-corrected chi connectivity index (χ2v) is 6.60. The molecule has 0 spiro atoms. The minimum atomic E-state index is -1.00. The molecule has 0 aromatic heterocycles. The second kappa shape index (κ2) is 7.40. The molecule has 24 heavy (non-hydrogen) atoms. The number of aliphatic carboxylic acids is 1. The zero-order valence-electron chi connectivity index (χ0n) is 13.2. The molecule has 2 heterocycles. The van der Waals surface area contributed by atoms with E-state index in [9.17, 15) is 14.7 Å². The van der Waals surface area contributed by atoms with Crippen molar-refractivity contribution in [1.29, 1.82) is 0 Å². The molecule has 6 nitrogen and oxygen atoms in total. The standard InChI is InChI=1S/C17H20ClNO5/c18-13-1-2-15-11(8-13)7-12(10-24-15)17(22)19(9-16(20)21)14-3-5-23-6-4-14/h1-2,8,12,14H,3-7,9-10H2,(H,20,21)/t12-/m1/s1. The molecule has 0 unspecified atom stereocenters. The van der Waals surface area contributed by atoms with Crippen LogP contribution in [0, 0.1) is 5.92 Å². The van der Waals surface area contributed by atoms with Crippen LogP contribution in [0.5, 0.6) is 5.75 Å². The largest absolute Gasteiger partial charge is 0.492 e. The predicted octanol–water partition coefficient (Wildman–Crippen LogP) is 1.98. The van der Waals surface area contributed by atoms with Gasteiger partial charge in [0.25, 0.3) is 0 Å². The van der Waals surface area contributed by atoms with Gasteiger partial charge in [-0.1, -0.05) is 11.6 Å². The van der Waals surface area contributed by atoms with E-state index in [0.29, 0.717) is 37.5 Å². The number of amides is 1. The number of benzene rings is 1. The van der Waals surface area contributed by atoms with E-state index >= 15 is 0 Å². The molecule has 130 valence electrons. The molecule has 1 N–H and O–H groups in total. The SMILES string of the molecule is O=C(O)CN(C(=O)[C@H]1COc2ccc(Cl)cc2C1)C1CCOCC1. The first kappa shape index (κ1) is 17.0. The van der Waals surface area contributed by atoms with Gasteiger partial charge >= 0.3 is 5.97 Å². The third kappa shape index (κ3) is 3.82. The number of ether oxygens (including phenoxy) is 2. The minimum absolute atomic E-state index is 0.0943. The summed E-state index contributed by atoms with van der Waals surface area (Å²) in [6.45, 7) is 1.07. The fourth-order valence-electron chi connectivity index (χ4n) is 3.29. The molecule has 1 aromatic rings. The summed E-state index contributed by atoms with van der Waals surface area (Å²) in [5, 5.41) is 9.78. The van der Waals surface area contributed by atoms with Gasteiger partial charge in [-0.05, 0) is 43.0 Å². The predicted molar refractivity (Wildman–Crippen MR) is 87.3 cm³/mol. The summed E-state index contributed by atoms with van der Waals surface area (Å²) in [6.07, 6.45) is 1.83. The van der Waals surface area contributed by atoms with Crippen molar-refractivity contribution in [3.63, 3.8) is 0 Å². The molecule has 1 amide bonds. The van der Waals surface area contributed by atoms with E-state index in [1.165, 1.54) is 4.90 Å². The van der Waals surface area contributed by atoms with Crippen LogP contribution in [0.3, 0.4) is 0 Å². The molecule has 2 aliphatic rings. The Morgan fingerprint density at radius 2 is 2.04 bits per heavy atom. The summed E-state index contributed by atoms with van der Waals surface area (Å²) in [5.41, 5.74) is 0.884. The Morgan fingerprint density at radius 1 is 1.29 bits per heavy atom. The van der Waals surface area contributed by atoms with Crippen molar-refractivity contribution in [2.75, 3.05) is 26.4 Å². The molecule has 3 rings (SSSR count). The summed E-state index contributed by atoms with van der Waals surface area (Å²) in [7, 11) is 0. The zero-order chi connectivity index (χ0) is 17.1. The van der Waals surface area contributed by atoms with Crippen molar-refractivity contribution in [1.82, 2.24) is 4.90 Å². The third-order valence-corrected chi connectivity index (χ3v) is 4.73. The van der Waals surface area contributed by atoms with Crippen LogP contribution in [-0.4, -0.2) is 54.3 Å². The molecule has 0 saturated carbocycles. The quantitative estimate of drug-likeness (QED) is 0.895. The molecule has 0 bridgehead atoms. The number of halogens is 1. The first-order valence-electron chi connectivity index (χ1n) is 8.06. The highest BCUT2D eigenvalue weighted by Gasteiger charge is 2.34. The lowest BCUT2D eigenvalue weighted by Gasteiger charge is -2.36. The van der Waals surface area contributed by atoms with Crippen molar-refractivity contribution in [3.05, 3.63) is 28.8 Å². The maximum atomic E-state index is 12.9. The number of hydrogen-bond donors (Lipinski definition) is 1. The fourth-order valence-corrected chi connectivity index (χ4v) is 3.48. The van der Waals surface area contributed by atoms with Gasteiger partial charge in [-0.25, -0.2) is 0 Å². The Morgan fingerprint density at radius 3 is 2.75 bits per heavy atom. The maximum Gasteiger partial charge on any atom is 0.323 e. The number of fused-ring (bicyclic) bond motifs is 1. The minimum Gasteiger partial charge on any atom is -0.492 e. The zero-order valence-corrected chi connectivity index (χ0v) is 14.0. The Bertz CT molecular complexity index is 629. The highest BCUT2D eigenvalue weighted by molar-refractivity contribution is 6.30. The van der Waals surface area contributed by atoms with Crippen molar-refractivity contribution in [3.8, 4) is 5.75 Å². The lowest BCUT2D eigenvalue weighted by atomic mass is 9.94. The van der Waals surface area contributed by atoms with Gasteiger partial charge in [-0.3, -0.25) is 9.59 Å². The molecule has 1 aromatic carbocycles. The van der Waals surface area contributed by atoms with Crippen LogP contribution in [0.2, 0.25) is 5.02 Å². The topological polar surface area (TPSA) is 76.1 Å². The molecule has 1 atom stereocenters. The number of carbonyl (C=O) groups excluding carboxylic acids is 1. The van der Waals surface area contributed by atoms with E-state index in [2.05, 4.69) is 0 Å². The maximum absolute atomic E-state index is 12.9. The third-order valence-electron chi connectivity index (χ3n) is 4.50. The van der Waals surface area contributed by atoms with Gasteiger partial charge in [0.15, 0.2) is 0 Å². The van der Waals surface area contributed by atoms with E-state index in [-0.39, 0.29) is 25.1 Å². The molecule has 1 fully saturated rings. The van der Waals surface area contributed by atoms with Crippen LogP contribution in [0.15, 0.2) is 18.2 Å². The molecular weight excluding hydrogens is 334 g/mol. The monoisotopic (exact) mass is 353 g/mol.